The van der Waals surface area contributed by atoms with Crippen LogP contribution in [0.5, 0.6) is 0 Å². The molecule has 2 atom stereocenters. The Morgan fingerprint density at radius 2 is 2.10 bits per heavy atom. The van der Waals surface area contributed by atoms with Crippen molar-refractivity contribution in [3.63, 3.8) is 0 Å². The maximum absolute atomic E-state index is 10.4. The normalized spacial score (nSPS) is 14.8. The molecule has 0 aromatic rings. The Balaban J connectivity index is 0. The molecule has 10 heavy (non-hydrogen) atoms. The quantitative estimate of drug-likeness (QED) is 0.536. The lowest BCUT2D eigenvalue weighted by Gasteiger charge is -2.10. The number of rotatable bonds is 2. The number of esters is 1. The molecule has 62 valence electrons. The van der Waals surface area contributed by atoms with Crippen LogP contribution in [0.3, 0.4) is 0 Å². The Morgan fingerprint density at radius 3 is 2.20 bits per heavy atom. The molecule has 0 amide bonds. The predicted octanol–water partition coefficient (Wildman–Crippen LogP) is -0.711. The molecule has 4 nitrogen and oxygen atoms in total. The molecule has 0 aliphatic rings. The summed E-state index contributed by atoms with van der Waals surface area (Å²) in [4.78, 5) is 10.4. The lowest BCUT2D eigenvalue weighted by molar-refractivity contribution is -0.144. The number of hydrogen-bond donors (Lipinski definition) is 2. The minimum atomic E-state index is -0.921. The number of halogens is 1. The molecule has 0 aromatic carbocycles. The van der Waals surface area contributed by atoms with E-state index in [9.17, 15) is 4.79 Å². The topological polar surface area (TPSA) is 72.5 Å². The first-order chi connectivity index (χ1) is 4.09. The van der Waals surface area contributed by atoms with Crippen molar-refractivity contribution in [1.29, 1.82) is 0 Å². The van der Waals surface area contributed by atoms with Gasteiger partial charge in [0.05, 0.1) is 13.2 Å². The van der Waals surface area contributed by atoms with Gasteiger partial charge in [-0.3, -0.25) is 4.79 Å². The highest BCUT2D eigenvalue weighted by atomic mass is 35.5. The molecule has 0 spiro atoms. The first-order valence-corrected chi connectivity index (χ1v) is 2.61. The van der Waals surface area contributed by atoms with Gasteiger partial charge >= 0.3 is 5.97 Å². The van der Waals surface area contributed by atoms with E-state index in [-0.39, 0.29) is 12.4 Å². The van der Waals surface area contributed by atoms with Gasteiger partial charge in [-0.15, -0.1) is 12.4 Å². The van der Waals surface area contributed by atoms with Gasteiger partial charge in [0.1, 0.15) is 6.04 Å². The Hall–Kier alpha value is -0.320. The van der Waals surface area contributed by atoms with Crippen molar-refractivity contribution in [2.24, 2.45) is 5.73 Å². The number of methoxy groups -OCH3 is 1. The molecule has 0 aromatic heterocycles. The van der Waals surface area contributed by atoms with E-state index in [1.54, 1.807) is 0 Å². The predicted molar refractivity (Wildman–Crippen MR) is 38.9 cm³/mol. The highest BCUT2D eigenvalue weighted by molar-refractivity contribution is 5.85. The number of ether oxygens (including phenoxy) is 1. The molecule has 0 radical (unpaired) electrons. The SMILES string of the molecule is COC(=O)[C@H](N)[C@H](C)O.Cl. The molecule has 0 unspecified atom stereocenters. The minimum Gasteiger partial charge on any atom is -0.468 e. The van der Waals surface area contributed by atoms with Crippen LogP contribution in [-0.2, 0) is 9.53 Å². The van der Waals surface area contributed by atoms with E-state index in [1.165, 1.54) is 14.0 Å². The van der Waals surface area contributed by atoms with Crippen LogP contribution < -0.4 is 5.73 Å². The first kappa shape index (κ1) is 12.4. The zero-order chi connectivity index (χ0) is 7.44. The second kappa shape index (κ2) is 5.46. The van der Waals surface area contributed by atoms with Crippen LogP contribution >= 0.6 is 12.4 Å². The van der Waals surface area contributed by atoms with E-state index in [4.69, 9.17) is 10.8 Å². The summed E-state index contributed by atoms with van der Waals surface area (Å²) in [6.07, 6.45) is -0.850. The van der Waals surface area contributed by atoms with Crippen LogP contribution in [0.2, 0.25) is 0 Å². The third-order valence-corrected chi connectivity index (χ3v) is 0.993. The molecule has 0 rings (SSSR count). The fraction of sp³-hybridized carbons (Fsp3) is 0.800. The summed E-state index contributed by atoms with van der Waals surface area (Å²) < 4.78 is 4.25. The van der Waals surface area contributed by atoms with E-state index in [0.29, 0.717) is 0 Å². The molecule has 0 aliphatic carbocycles. The van der Waals surface area contributed by atoms with Crippen LogP contribution in [0.4, 0.5) is 0 Å². The highest BCUT2D eigenvalue weighted by Crippen LogP contribution is 1.89. The Morgan fingerprint density at radius 1 is 1.70 bits per heavy atom. The second-order valence-corrected chi connectivity index (χ2v) is 1.79. The number of carbonyl (C=O) groups is 1. The summed E-state index contributed by atoms with van der Waals surface area (Å²) in [5, 5.41) is 8.70. The van der Waals surface area contributed by atoms with Crippen molar-refractivity contribution in [3.8, 4) is 0 Å². The fourth-order valence-corrected chi connectivity index (χ4v) is 0.333. The third kappa shape index (κ3) is 3.66. The Labute approximate surface area is 65.8 Å². The number of aliphatic hydroxyl groups is 1. The van der Waals surface area contributed by atoms with Gasteiger partial charge in [-0.2, -0.15) is 0 Å². The van der Waals surface area contributed by atoms with Gasteiger partial charge in [0.15, 0.2) is 0 Å². The van der Waals surface area contributed by atoms with Crippen molar-refractivity contribution >= 4 is 18.4 Å². The van der Waals surface area contributed by atoms with Crippen molar-refractivity contribution in [3.05, 3.63) is 0 Å². The van der Waals surface area contributed by atoms with Gasteiger partial charge in [0.25, 0.3) is 0 Å². The lowest BCUT2D eigenvalue weighted by atomic mass is 10.2. The van der Waals surface area contributed by atoms with Crippen LogP contribution in [0.15, 0.2) is 0 Å². The highest BCUT2D eigenvalue weighted by Gasteiger charge is 2.18. The van der Waals surface area contributed by atoms with Crippen molar-refractivity contribution in [2.75, 3.05) is 7.11 Å². The van der Waals surface area contributed by atoms with Crippen molar-refractivity contribution in [1.82, 2.24) is 0 Å². The van der Waals surface area contributed by atoms with Gasteiger partial charge in [-0.25, -0.2) is 0 Å². The molecular weight excluding hydrogens is 158 g/mol. The van der Waals surface area contributed by atoms with E-state index < -0.39 is 18.1 Å². The molecule has 0 saturated carbocycles. The molecule has 0 fully saturated rings. The zero-order valence-electron chi connectivity index (χ0n) is 5.90. The minimum absolute atomic E-state index is 0. The van der Waals surface area contributed by atoms with Gasteiger partial charge in [0, 0.05) is 0 Å². The molecule has 3 N–H and O–H groups in total. The molecule has 0 saturated heterocycles. The van der Waals surface area contributed by atoms with E-state index in [2.05, 4.69) is 4.74 Å². The molecule has 0 bridgehead atoms. The van der Waals surface area contributed by atoms with Crippen molar-refractivity contribution < 1.29 is 14.6 Å². The Kier molecular flexibility index (Phi) is 6.76. The van der Waals surface area contributed by atoms with E-state index in [0.717, 1.165) is 0 Å². The number of aliphatic hydroxyl groups excluding tert-OH is 1. The van der Waals surface area contributed by atoms with Gasteiger partial charge in [0.2, 0.25) is 0 Å². The summed E-state index contributed by atoms with van der Waals surface area (Å²) in [7, 11) is 1.23. The second-order valence-electron chi connectivity index (χ2n) is 1.79. The van der Waals surface area contributed by atoms with Crippen molar-refractivity contribution in [2.45, 2.75) is 19.1 Å². The largest absolute Gasteiger partial charge is 0.468 e. The fourth-order valence-electron chi connectivity index (χ4n) is 0.333. The van der Waals surface area contributed by atoms with Crippen LogP contribution in [0.25, 0.3) is 0 Å². The summed E-state index contributed by atoms with van der Waals surface area (Å²) in [6.45, 7) is 1.43. The molecular formula is C5H12ClNO3. The molecule has 0 heterocycles. The summed E-state index contributed by atoms with van der Waals surface area (Å²) >= 11 is 0. The monoisotopic (exact) mass is 169 g/mol. The van der Waals surface area contributed by atoms with Gasteiger partial charge in [-0.1, -0.05) is 0 Å². The summed E-state index contributed by atoms with van der Waals surface area (Å²) in [5.41, 5.74) is 5.15. The van der Waals surface area contributed by atoms with E-state index in [1.807, 2.05) is 0 Å². The lowest BCUT2D eigenvalue weighted by Crippen LogP contribution is -2.40. The number of carbonyl (C=O) groups excluding carboxylic acids is 1. The maximum Gasteiger partial charge on any atom is 0.325 e. The van der Waals surface area contributed by atoms with Crippen LogP contribution in [0.1, 0.15) is 6.92 Å². The van der Waals surface area contributed by atoms with Crippen LogP contribution in [0, 0.1) is 0 Å². The standard InChI is InChI=1S/C5H11NO3.ClH/c1-3(7)4(6)5(8)9-2;/h3-4,7H,6H2,1-2H3;1H/t3-,4+;/m0./s1. The number of nitrogens with two attached hydrogens (primary N) is 1. The van der Waals surface area contributed by atoms with E-state index >= 15 is 0 Å². The third-order valence-electron chi connectivity index (χ3n) is 0.993. The summed E-state index contributed by atoms with van der Waals surface area (Å²) in [6, 6.07) is -0.921. The average molecular weight is 170 g/mol. The molecule has 5 heteroatoms. The Bertz CT molecular complexity index is 107. The number of hydrogen-bond acceptors (Lipinski definition) is 4. The van der Waals surface area contributed by atoms with Crippen LogP contribution in [-0.4, -0.2) is 30.3 Å². The average Bonchev–Trinajstić information content (AvgIpc) is 1.84. The first-order valence-electron chi connectivity index (χ1n) is 2.61. The maximum atomic E-state index is 10.4. The van der Waals surface area contributed by atoms with Gasteiger partial charge in [-0.05, 0) is 6.92 Å². The smallest absolute Gasteiger partial charge is 0.325 e. The van der Waals surface area contributed by atoms with Gasteiger partial charge < -0.3 is 15.6 Å². The summed E-state index contributed by atoms with van der Waals surface area (Å²) in [5.74, 6) is -0.593. The molecule has 0 aliphatic heterocycles. The zero-order valence-corrected chi connectivity index (χ0v) is 6.72.